The number of nitrogens with zero attached hydrogens (tertiary/aromatic N) is 4. The monoisotopic (exact) mass is 570 g/mol. The van der Waals surface area contributed by atoms with Gasteiger partial charge in [0.1, 0.15) is 11.5 Å². The van der Waals surface area contributed by atoms with Crippen molar-refractivity contribution in [3.05, 3.63) is 95.1 Å². The Morgan fingerprint density at radius 3 is 1.22 bits per heavy atom. The molecule has 0 heterocycles. The van der Waals surface area contributed by atoms with E-state index in [9.17, 15) is 18.6 Å². The number of azo groups is 2. The van der Waals surface area contributed by atoms with Crippen LogP contribution >= 0.6 is 0 Å². The zero-order chi connectivity index (χ0) is 29.9. The lowest BCUT2D eigenvalue weighted by molar-refractivity contribution is 0.464. The fraction of sp³-hybridized carbons (Fsp3) is 0.250. The van der Waals surface area contributed by atoms with E-state index in [1.807, 2.05) is 53.7 Å². The number of aromatic hydroxyl groups is 2. The fourth-order valence-electron chi connectivity index (χ4n) is 4.28. The van der Waals surface area contributed by atoms with E-state index in [0.29, 0.717) is 22.7 Å². The second-order valence-corrected chi connectivity index (χ2v) is 12.5. The van der Waals surface area contributed by atoms with Gasteiger partial charge in [0.15, 0.2) is 0 Å². The van der Waals surface area contributed by atoms with Gasteiger partial charge in [-0.25, -0.2) is 8.42 Å². The van der Waals surface area contributed by atoms with Gasteiger partial charge in [-0.05, 0) is 121 Å². The summed E-state index contributed by atoms with van der Waals surface area (Å²) in [6.07, 6.45) is 0. The van der Waals surface area contributed by atoms with Crippen molar-refractivity contribution in [2.45, 2.75) is 63.2 Å². The van der Waals surface area contributed by atoms with Gasteiger partial charge in [0.2, 0.25) is 9.84 Å². The number of rotatable bonds is 8. The molecule has 0 aliphatic heterocycles. The maximum Gasteiger partial charge on any atom is 0.206 e. The van der Waals surface area contributed by atoms with Crippen LogP contribution in [0.15, 0.2) is 103 Å². The number of sulfone groups is 1. The van der Waals surface area contributed by atoms with Gasteiger partial charge in [-0.3, -0.25) is 0 Å². The Morgan fingerprint density at radius 1 is 0.561 bits per heavy atom. The summed E-state index contributed by atoms with van der Waals surface area (Å²) in [7, 11) is -3.76. The molecule has 41 heavy (non-hydrogen) atoms. The van der Waals surface area contributed by atoms with Crippen LogP contribution in [-0.4, -0.2) is 18.6 Å². The van der Waals surface area contributed by atoms with Crippen molar-refractivity contribution in [3.63, 3.8) is 0 Å². The first-order chi connectivity index (χ1) is 19.4. The van der Waals surface area contributed by atoms with Gasteiger partial charge < -0.3 is 10.2 Å². The number of hydrogen-bond acceptors (Lipinski definition) is 8. The van der Waals surface area contributed by atoms with Crippen LogP contribution in [0.25, 0.3) is 0 Å². The molecule has 0 atom stereocenters. The second kappa shape index (κ2) is 12.0. The number of phenolic OH excluding ortho intramolecular Hbond substituents is 2. The predicted octanol–water partition coefficient (Wildman–Crippen LogP) is 9.63. The lowest BCUT2D eigenvalue weighted by Crippen LogP contribution is -2.01. The van der Waals surface area contributed by atoms with Crippen LogP contribution in [-0.2, 0) is 9.84 Å². The van der Waals surface area contributed by atoms with Crippen LogP contribution in [0.5, 0.6) is 11.5 Å². The summed E-state index contributed by atoms with van der Waals surface area (Å²) >= 11 is 0. The SMILES string of the molecule is Cc1cc(O)c(C(C)C)cc1/N=N/c1ccc(S(=O)(=O)c2ccc(/N=N/c3cc(C(C)C)c(O)cc3C)cc2)cc1. The molecule has 0 radical (unpaired) electrons. The van der Waals surface area contributed by atoms with Crippen LogP contribution in [0.4, 0.5) is 22.7 Å². The normalized spacial score (nSPS) is 12.3. The third-order valence-electron chi connectivity index (χ3n) is 6.77. The van der Waals surface area contributed by atoms with E-state index in [1.165, 1.54) is 24.3 Å². The van der Waals surface area contributed by atoms with E-state index in [4.69, 9.17) is 0 Å². The van der Waals surface area contributed by atoms with Crippen molar-refractivity contribution < 1.29 is 18.6 Å². The van der Waals surface area contributed by atoms with Crippen LogP contribution < -0.4 is 0 Å². The first-order valence-corrected chi connectivity index (χ1v) is 14.8. The molecule has 0 saturated carbocycles. The van der Waals surface area contributed by atoms with E-state index < -0.39 is 9.84 Å². The smallest absolute Gasteiger partial charge is 0.206 e. The summed E-state index contributed by atoms with van der Waals surface area (Å²) in [6, 6.07) is 19.4. The topological polar surface area (TPSA) is 124 Å². The number of benzene rings is 4. The predicted molar refractivity (Wildman–Crippen MR) is 161 cm³/mol. The van der Waals surface area contributed by atoms with E-state index in [0.717, 1.165) is 22.3 Å². The van der Waals surface area contributed by atoms with Crippen LogP contribution in [0.1, 0.15) is 61.8 Å². The molecular weight excluding hydrogens is 536 g/mol. The van der Waals surface area contributed by atoms with Crippen molar-refractivity contribution in [2.24, 2.45) is 20.5 Å². The number of hydrogen-bond donors (Lipinski definition) is 2. The Kier molecular flexibility index (Phi) is 8.68. The molecule has 8 nitrogen and oxygen atoms in total. The summed E-state index contributed by atoms with van der Waals surface area (Å²) in [5, 5.41) is 37.5. The molecule has 4 aromatic rings. The molecule has 4 aromatic carbocycles. The molecule has 0 aromatic heterocycles. The van der Waals surface area contributed by atoms with E-state index >= 15 is 0 Å². The van der Waals surface area contributed by atoms with Crippen LogP contribution in [0.3, 0.4) is 0 Å². The first kappa shape index (κ1) is 29.6. The Balaban J connectivity index is 1.50. The summed E-state index contributed by atoms with van der Waals surface area (Å²) in [5.74, 6) is 0.727. The van der Waals surface area contributed by atoms with Crippen LogP contribution in [0, 0.1) is 13.8 Å². The van der Waals surface area contributed by atoms with Crippen molar-refractivity contribution >= 4 is 32.6 Å². The van der Waals surface area contributed by atoms with Gasteiger partial charge in [0.05, 0.1) is 32.5 Å². The maximum atomic E-state index is 13.2. The highest BCUT2D eigenvalue weighted by Gasteiger charge is 2.18. The molecule has 0 amide bonds. The molecule has 212 valence electrons. The molecule has 0 aliphatic rings. The van der Waals surface area contributed by atoms with Crippen molar-refractivity contribution in [2.75, 3.05) is 0 Å². The lowest BCUT2D eigenvalue weighted by atomic mass is 9.99. The zero-order valence-electron chi connectivity index (χ0n) is 24.0. The molecule has 0 unspecified atom stereocenters. The van der Waals surface area contributed by atoms with Gasteiger partial charge in [-0.2, -0.15) is 20.5 Å². The molecule has 9 heteroatoms. The third kappa shape index (κ3) is 6.69. The molecule has 0 fully saturated rings. The van der Waals surface area contributed by atoms with Crippen molar-refractivity contribution in [1.82, 2.24) is 0 Å². The molecule has 0 spiro atoms. The van der Waals surface area contributed by atoms with E-state index in [1.54, 1.807) is 36.4 Å². The molecule has 2 N–H and O–H groups in total. The fourth-order valence-corrected chi connectivity index (χ4v) is 5.54. The Morgan fingerprint density at radius 2 is 0.902 bits per heavy atom. The maximum absolute atomic E-state index is 13.2. The summed E-state index contributed by atoms with van der Waals surface area (Å²) in [4.78, 5) is 0.268. The minimum Gasteiger partial charge on any atom is -0.508 e. The highest BCUT2D eigenvalue weighted by molar-refractivity contribution is 7.91. The Hall–Kier alpha value is -4.37. The molecule has 0 aliphatic carbocycles. The third-order valence-corrected chi connectivity index (χ3v) is 8.56. The van der Waals surface area contributed by atoms with Crippen molar-refractivity contribution in [1.29, 1.82) is 0 Å². The first-order valence-electron chi connectivity index (χ1n) is 13.3. The van der Waals surface area contributed by atoms with E-state index in [2.05, 4.69) is 20.5 Å². The minimum atomic E-state index is -3.76. The highest BCUT2D eigenvalue weighted by Crippen LogP contribution is 2.35. The van der Waals surface area contributed by atoms with Gasteiger partial charge >= 0.3 is 0 Å². The number of aryl methyl sites for hydroxylation is 2. The summed E-state index contributed by atoms with van der Waals surface area (Å²) < 4.78 is 26.4. The lowest BCUT2D eigenvalue weighted by Gasteiger charge is -2.10. The molecular formula is C32H34N4O4S. The van der Waals surface area contributed by atoms with Gasteiger partial charge in [0, 0.05) is 0 Å². The minimum absolute atomic E-state index is 0.132. The van der Waals surface area contributed by atoms with E-state index in [-0.39, 0.29) is 33.1 Å². The zero-order valence-corrected chi connectivity index (χ0v) is 24.8. The van der Waals surface area contributed by atoms with Gasteiger partial charge in [0.25, 0.3) is 0 Å². The van der Waals surface area contributed by atoms with Crippen molar-refractivity contribution in [3.8, 4) is 11.5 Å². The van der Waals surface area contributed by atoms with Gasteiger partial charge in [-0.15, -0.1) is 0 Å². The average molecular weight is 571 g/mol. The summed E-state index contributed by atoms with van der Waals surface area (Å²) in [5.41, 5.74) is 5.44. The average Bonchev–Trinajstić information content (AvgIpc) is 2.92. The van der Waals surface area contributed by atoms with Crippen LogP contribution in [0.2, 0.25) is 0 Å². The molecule has 4 rings (SSSR count). The standard InChI is InChI=1S/C32H34N4O4S/c1-19(2)27-17-29(21(5)15-31(27)37)35-33-23-7-11-25(12-8-23)41(39,40)26-13-9-24(10-14-26)34-36-30-18-28(20(3)4)32(38)16-22(30)6/h7-20,37-38H,1-6H3/b35-33+,36-34+. The Bertz CT molecular complexity index is 1600. The highest BCUT2D eigenvalue weighted by atomic mass is 32.2. The molecule has 0 bridgehead atoms. The second-order valence-electron chi connectivity index (χ2n) is 10.6. The Labute approximate surface area is 241 Å². The van der Waals surface area contributed by atoms with Gasteiger partial charge in [-0.1, -0.05) is 27.7 Å². The largest absolute Gasteiger partial charge is 0.508 e. The molecule has 0 saturated heterocycles. The summed E-state index contributed by atoms with van der Waals surface area (Å²) in [6.45, 7) is 11.6. The number of phenols is 2. The quantitative estimate of drug-likeness (QED) is 0.205.